The lowest BCUT2D eigenvalue weighted by molar-refractivity contribution is 0.513. The maximum absolute atomic E-state index is 5.05. The quantitative estimate of drug-likeness (QED) is 0.916. The molecule has 20 heavy (non-hydrogen) atoms. The second kappa shape index (κ2) is 5.10. The van der Waals surface area contributed by atoms with Crippen molar-refractivity contribution < 1.29 is 0 Å². The van der Waals surface area contributed by atoms with Crippen molar-refractivity contribution in [2.45, 2.75) is 70.3 Å². The zero-order valence-corrected chi connectivity index (χ0v) is 12.5. The van der Waals surface area contributed by atoms with Gasteiger partial charge in [0.2, 0.25) is 0 Å². The van der Waals surface area contributed by atoms with Gasteiger partial charge in [-0.2, -0.15) is 0 Å². The minimum absolute atomic E-state index is 0.637. The molecule has 3 nitrogen and oxygen atoms in total. The van der Waals surface area contributed by atoms with E-state index in [2.05, 4.69) is 12.2 Å². The SMILES string of the molecule is CCC1CCC(c2nc3c(c(C4CC4)n2)CNCC3)C1. The van der Waals surface area contributed by atoms with Crippen LogP contribution in [-0.2, 0) is 13.0 Å². The number of nitrogens with zero attached hydrogens (tertiary/aromatic N) is 2. The monoisotopic (exact) mass is 271 g/mol. The van der Waals surface area contributed by atoms with E-state index in [-0.39, 0.29) is 0 Å². The van der Waals surface area contributed by atoms with E-state index in [0.29, 0.717) is 5.92 Å². The van der Waals surface area contributed by atoms with E-state index in [1.165, 1.54) is 61.3 Å². The molecular formula is C17H25N3. The number of hydrogen-bond acceptors (Lipinski definition) is 3. The van der Waals surface area contributed by atoms with Crippen LogP contribution in [0.4, 0.5) is 0 Å². The Bertz CT molecular complexity index is 507. The molecule has 2 fully saturated rings. The molecule has 0 radical (unpaired) electrons. The average molecular weight is 271 g/mol. The molecule has 0 spiro atoms. The molecule has 0 saturated heterocycles. The van der Waals surface area contributed by atoms with Crippen molar-refractivity contribution in [1.82, 2.24) is 15.3 Å². The summed E-state index contributed by atoms with van der Waals surface area (Å²) in [5.74, 6) is 3.47. The van der Waals surface area contributed by atoms with Gasteiger partial charge in [0.05, 0.1) is 11.4 Å². The summed E-state index contributed by atoms with van der Waals surface area (Å²) in [6, 6.07) is 0. The third kappa shape index (κ3) is 2.26. The van der Waals surface area contributed by atoms with Crippen LogP contribution >= 0.6 is 0 Å². The predicted octanol–water partition coefficient (Wildman–Crippen LogP) is 3.29. The molecule has 108 valence electrons. The van der Waals surface area contributed by atoms with Crippen LogP contribution in [-0.4, -0.2) is 16.5 Å². The van der Waals surface area contributed by atoms with Gasteiger partial charge >= 0.3 is 0 Å². The smallest absolute Gasteiger partial charge is 0.131 e. The highest BCUT2D eigenvalue weighted by Crippen LogP contribution is 2.44. The van der Waals surface area contributed by atoms with Crippen LogP contribution in [0, 0.1) is 5.92 Å². The Morgan fingerprint density at radius 1 is 1.10 bits per heavy atom. The van der Waals surface area contributed by atoms with Crippen molar-refractivity contribution in [3.8, 4) is 0 Å². The molecule has 2 saturated carbocycles. The van der Waals surface area contributed by atoms with Gasteiger partial charge in [0, 0.05) is 36.9 Å². The molecule has 2 heterocycles. The normalized spacial score (nSPS) is 29.4. The van der Waals surface area contributed by atoms with Gasteiger partial charge in [0.1, 0.15) is 5.82 Å². The fourth-order valence-electron chi connectivity index (χ4n) is 3.95. The summed E-state index contributed by atoms with van der Waals surface area (Å²) >= 11 is 0. The van der Waals surface area contributed by atoms with Crippen molar-refractivity contribution in [1.29, 1.82) is 0 Å². The van der Waals surface area contributed by atoms with Crippen LogP contribution in [0.25, 0.3) is 0 Å². The molecule has 3 aliphatic rings. The number of fused-ring (bicyclic) bond motifs is 1. The van der Waals surface area contributed by atoms with Gasteiger partial charge in [-0.1, -0.05) is 13.3 Å². The Kier molecular flexibility index (Phi) is 3.25. The van der Waals surface area contributed by atoms with Gasteiger partial charge in [-0.05, 0) is 38.0 Å². The van der Waals surface area contributed by atoms with E-state index >= 15 is 0 Å². The minimum atomic E-state index is 0.637. The fraction of sp³-hybridized carbons (Fsp3) is 0.765. The lowest BCUT2D eigenvalue weighted by Crippen LogP contribution is -2.27. The summed E-state index contributed by atoms with van der Waals surface area (Å²) in [6.07, 6.45) is 9.09. The van der Waals surface area contributed by atoms with E-state index in [1.54, 1.807) is 0 Å². The zero-order valence-electron chi connectivity index (χ0n) is 12.5. The van der Waals surface area contributed by atoms with Crippen molar-refractivity contribution in [2.24, 2.45) is 5.92 Å². The summed E-state index contributed by atoms with van der Waals surface area (Å²) < 4.78 is 0. The van der Waals surface area contributed by atoms with Crippen LogP contribution in [0.15, 0.2) is 0 Å². The molecule has 2 aliphatic carbocycles. The number of rotatable bonds is 3. The summed E-state index contributed by atoms with van der Waals surface area (Å²) in [4.78, 5) is 10.0. The third-order valence-electron chi connectivity index (χ3n) is 5.43. The molecule has 1 N–H and O–H groups in total. The van der Waals surface area contributed by atoms with Gasteiger partial charge in [-0.25, -0.2) is 9.97 Å². The van der Waals surface area contributed by atoms with E-state index in [9.17, 15) is 0 Å². The molecule has 0 aromatic carbocycles. The van der Waals surface area contributed by atoms with Crippen molar-refractivity contribution in [3.63, 3.8) is 0 Å². The summed E-state index contributed by atoms with van der Waals surface area (Å²) in [5, 5.41) is 3.49. The molecule has 0 amide bonds. The van der Waals surface area contributed by atoms with E-state index in [1.807, 2.05) is 0 Å². The topological polar surface area (TPSA) is 37.8 Å². The Morgan fingerprint density at radius 2 is 1.95 bits per heavy atom. The molecule has 1 aromatic heterocycles. The molecule has 2 unspecified atom stereocenters. The van der Waals surface area contributed by atoms with Crippen LogP contribution in [0.1, 0.15) is 80.1 Å². The average Bonchev–Trinajstić information content (AvgIpc) is 3.23. The molecule has 3 heteroatoms. The van der Waals surface area contributed by atoms with E-state index < -0.39 is 0 Å². The fourth-order valence-corrected chi connectivity index (χ4v) is 3.95. The van der Waals surface area contributed by atoms with Gasteiger partial charge in [-0.15, -0.1) is 0 Å². The van der Waals surface area contributed by atoms with Gasteiger partial charge in [0.25, 0.3) is 0 Å². The van der Waals surface area contributed by atoms with E-state index in [0.717, 1.165) is 31.3 Å². The Morgan fingerprint density at radius 3 is 2.70 bits per heavy atom. The summed E-state index contributed by atoms with van der Waals surface area (Å²) in [5.41, 5.74) is 4.19. The van der Waals surface area contributed by atoms with E-state index in [4.69, 9.17) is 9.97 Å². The lowest BCUT2D eigenvalue weighted by Gasteiger charge is -2.21. The van der Waals surface area contributed by atoms with Crippen molar-refractivity contribution >= 4 is 0 Å². The zero-order chi connectivity index (χ0) is 13.5. The maximum Gasteiger partial charge on any atom is 0.131 e. The summed E-state index contributed by atoms with van der Waals surface area (Å²) in [6.45, 7) is 4.39. The minimum Gasteiger partial charge on any atom is -0.312 e. The first-order valence-electron chi connectivity index (χ1n) is 8.45. The predicted molar refractivity (Wildman–Crippen MR) is 79.8 cm³/mol. The first kappa shape index (κ1) is 12.8. The highest BCUT2D eigenvalue weighted by Gasteiger charge is 2.33. The largest absolute Gasteiger partial charge is 0.312 e. The highest BCUT2D eigenvalue weighted by molar-refractivity contribution is 5.33. The lowest BCUT2D eigenvalue weighted by atomic mass is 9.99. The van der Waals surface area contributed by atoms with Gasteiger partial charge in [0.15, 0.2) is 0 Å². The van der Waals surface area contributed by atoms with Crippen LogP contribution in [0.3, 0.4) is 0 Å². The second-order valence-electron chi connectivity index (χ2n) is 6.88. The Labute approximate surface area is 121 Å². The second-order valence-corrected chi connectivity index (χ2v) is 6.88. The van der Waals surface area contributed by atoms with Gasteiger partial charge < -0.3 is 5.32 Å². The third-order valence-corrected chi connectivity index (χ3v) is 5.43. The number of nitrogens with one attached hydrogen (secondary N) is 1. The number of aromatic nitrogens is 2. The summed E-state index contributed by atoms with van der Waals surface area (Å²) in [7, 11) is 0. The standard InChI is InChI=1S/C17H25N3/c1-2-11-3-4-13(9-11)17-19-15-7-8-18-10-14(15)16(20-17)12-5-6-12/h11-13,18H,2-10H2,1H3. The van der Waals surface area contributed by atoms with Crippen molar-refractivity contribution in [3.05, 3.63) is 22.8 Å². The first-order valence-corrected chi connectivity index (χ1v) is 8.45. The van der Waals surface area contributed by atoms with Crippen LogP contribution < -0.4 is 5.32 Å². The molecule has 4 rings (SSSR count). The van der Waals surface area contributed by atoms with Gasteiger partial charge in [-0.3, -0.25) is 0 Å². The number of hydrogen-bond donors (Lipinski definition) is 1. The van der Waals surface area contributed by atoms with Crippen LogP contribution in [0.2, 0.25) is 0 Å². The first-order chi connectivity index (χ1) is 9.85. The highest BCUT2D eigenvalue weighted by atomic mass is 15.0. The molecular weight excluding hydrogens is 246 g/mol. The Balaban J connectivity index is 1.68. The molecule has 1 aliphatic heterocycles. The molecule has 2 atom stereocenters. The Hall–Kier alpha value is -0.960. The van der Waals surface area contributed by atoms with Crippen LogP contribution in [0.5, 0.6) is 0 Å². The molecule has 1 aromatic rings. The molecule has 0 bridgehead atoms. The van der Waals surface area contributed by atoms with Crippen molar-refractivity contribution in [2.75, 3.05) is 6.54 Å². The maximum atomic E-state index is 5.05.